The van der Waals surface area contributed by atoms with Crippen molar-refractivity contribution in [2.75, 3.05) is 40.3 Å². The molecule has 0 aromatic heterocycles. The molecule has 2 aliphatic rings. The van der Waals surface area contributed by atoms with Crippen molar-refractivity contribution in [1.29, 1.82) is 0 Å². The third-order valence-corrected chi connectivity index (χ3v) is 3.92. The van der Waals surface area contributed by atoms with Crippen LogP contribution >= 0.6 is 0 Å². The Balaban J connectivity index is 1.84. The average molecular weight is 225 g/mol. The topological polar surface area (TPSA) is 35.6 Å². The van der Waals surface area contributed by atoms with Gasteiger partial charge >= 0.3 is 0 Å². The maximum atomic E-state index is 12.0. The molecule has 2 saturated heterocycles. The highest BCUT2D eigenvalue weighted by atomic mass is 16.2. The van der Waals surface area contributed by atoms with E-state index in [2.05, 4.69) is 31.2 Å². The molecule has 92 valence electrons. The summed E-state index contributed by atoms with van der Waals surface area (Å²) in [6.45, 7) is 6.12. The number of hydrogen-bond acceptors (Lipinski definition) is 3. The van der Waals surface area contributed by atoms with E-state index >= 15 is 0 Å². The molecule has 2 heterocycles. The fourth-order valence-corrected chi connectivity index (χ4v) is 2.69. The van der Waals surface area contributed by atoms with Crippen molar-refractivity contribution in [3.05, 3.63) is 0 Å². The second-order valence-corrected chi connectivity index (χ2v) is 5.54. The summed E-state index contributed by atoms with van der Waals surface area (Å²) in [5.41, 5.74) is 0. The molecule has 1 amide bonds. The van der Waals surface area contributed by atoms with Gasteiger partial charge in [-0.25, -0.2) is 0 Å². The largest absolute Gasteiger partial charge is 0.341 e. The van der Waals surface area contributed by atoms with E-state index in [9.17, 15) is 4.79 Å². The van der Waals surface area contributed by atoms with Crippen LogP contribution in [0.2, 0.25) is 0 Å². The number of amides is 1. The first kappa shape index (κ1) is 11.9. The Bertz CT molecular complexity index is 263. The maximum absolute atomic E-state index is 12.0. The van der Waals surface area contributed by atoms with Crippen LogP contribution < -0.4 is 5.32 Å². The summed E-state index contributed by atoms with van der Waals surface area (Å²) in [5, 5.41) is 3.21. The molecule has 0 bridgehead atoms. The molecule has 2 fully saturated rings. The zero-order valence-corrected chi connectivity index (χ0v) is 10.6. The van der Waals surface area contributed by atoms with Crippen LogP contribution in [-0.4, -0.2) is 62.0 Å². The summed E-state index contributed by atoms with van der Waals surface area (Å²) in [7, 11) is 4.20. The number of rotatable bonds is 3. The molecular weight excluding hydrogens is 202 g/mol. The molecule has 2 rings (SSSR count). The van der Waals surface area contributed by atoms with Crippen molar-refractivity contribution < 1.29 is 4.79 Å². The highest BCUT2D eigenvalue weighted by molar-refractivity contribution is 5.77. The minimum Gasteiger partial charge on any atom is -0.341 e. The minimum atomic E-state index is 0.350. The summed E-state index contributed by atoms with van der Waals surface area (Å²) in [4.78, 5) is 16.3. The molecule has 0 aromatic carbocycles. The van der Waals surface area contributed by atoms with E-state index in [0.29, 0.717) is 23.8 Å². The van der Waals surface area contributed by atoms with Crippen LogP contribution in [0, 0.1) is 11.8 Å². The maximum Gasteiger partial charge on any atom is 0.223 e. The SMILES string of the molecule is CC1CN(C(=O)CC2CNC2)CC1N(C)C. The molecule has 0 spiro atoms. The number of likely N-dealkylation sites (N-methyl/N-ethyl adjacent to an activating group) is 1. The van der Waals surface area contributed by atoms with Gasteiger partial charge in [-0.2, -0.15) is 0 Å². The molecule has 16 heavy (non-hydrogen) atoms. The highest BCUT2D eigenvalue weighted by Gasteiger charge is 2.34. The molecular formula is C12H23N3O. The lowest BCUT2D eigenvalue weighted by molar-refractivity contribution is -0.131. The minimum absolute atomic E-state index is 0.350. The summed E-state index contributed by atoms with van der Waals surface area (Å²) >= 11 is 0. The van der Waals surface area contributed by atoms with E-state index in [1.807, 2.05) is 4.90 Å². The lowest BCUT2D eigenvalue weighted by Crippen LogP contribution is -2.45. The van der Waals surface area contributed by atoms with Gasteiger partial charge in [0.1, 0.15) is 0 Å². The van der Waals surface area contributed by atoms with Crippen LogP contribution in [0.25, 0.3) is 0 Å². The van der Waals surface area contributed by atoms with E-state index in [1.165, 1.54) is 0 Å². The second kappa shape index (κ2) is 4.72. The van der Waals surface area contributed by atoms with Crippen molar-refractivity contribution in [3.63, 3.8) is 0 Å². The quantitative estimate of drug-likeness (QED) is 0.734. The van der Waals surface area contributed by atoms with E-state index < -0.39 is 0 Å². The zero-order valence-electron chi connectivity index (χ0n) is 10.6. The van der Waals surface area contributed by atoms with Crippen molar-refractivity contribution in [2.45, 2.75) is 19.4 Å². The number of likely N-dealkylation sites (tertiary alicyclic amines) is 1. The first-order valence-electron chi connectivity index (χ1n) is 6.23. The number of hydrogen-bond donors (Lipinski definition) is 1. The first-order chi connectivity index (χ1) is 7.58. The third kappa shape index (κ3) is 2.38. The molecule has 4 heteroatoms. The van der Waals surface area contributed by atoms with Gasteiger partial charge in [-0.1, -0.05) is 6.92 Å². The molecule has 0 saturated carbocycles. The predicted molar refractivity (Wildman–Crippen MR) is 64.2 cm³/mol. The summed E-state index contributed by atoms with van der Waals surface area (Å²) in [6, 6.07) is 0.531. The Hall–Kier alpha value is -0.610. The summed E-state index contributed by atoms with van der Waals surface area (Å²) in [6.07, 6.45) is 0.736. The van der Waals surface area contributed by atoms with Gasteiger partial charge in [0.25, 0.3) is 0 Å². The lowest BCUT2D eigenvalue weighted by Gasteiger charge is -2.28. The predicted octanol–water partition coefficient (Wildman–Crippen LogP) is 0.00440. The van der Waals surface area contributed by atoms with Gasteiger partial charge in [-0.15, -0.1) is 0 Å². The summed E-state index contributed by atoms with van der Waals surface area (Å²) < 4.78 is 0. The average Bonchev–Trinajstić information content (AvgIpc) is 2.53. The van der Waals surface area contributed by atoms with Crippen molar-refractivity contribution >= 4 is 5.91 Å². The monoisotopic (exact) mass is 225 g/mol. The van der Waals surface area contributed by atoms with Gasteiger partial charge < -0.3 is 15.1 Å². The molecule has 4 nitrogen and oxygen atoms in total. The van der Waals surface area contributed by atoms with Crippen molar-refractivity contribution in [2.24, 2.45) is 11.8 Å². The van der Waals surface area contributed by atoms with Crippen LogP contribution in [0.1, 0.15) is 13.3 Å². The van der Waals surface area contributed by atoms with E-state index in [4.69, 9.17) is 0 Å². The van der Waals surface area contributed by atoms with Gasteiger partial charge in [0.15, 0.2) is 0 Å². The standard InChI is InChI=1S/C12H23N3O/c1-9-7-15(8-11(9)14(2)3)12(16)4-10-5-13-6-10/h9-11,13H,4-8H2,1-3H3. The molecule has 0 aliphatic carbocycles. The Kier molecular flexibility index (Phi) is 3.50. The van der Waals surface area contributed by atoms with Crippen LogP contribution in [0.5, 0.6) is 0 Å². The number of carbonyl (C=O) groups excluding carboxylic acids is 1. The van der Waals surface area contributed by atoms with Crippen molar-refractivity contribution in [1.82, 2.24) is 15.1 Å². The number of nitrogens with zero attached hydrogens (tertiary/aromatic N) is 2. The van der Waals surface area contributed by atoms with E-state index in [-0.39, 0.29) is 0 Å². The molecule has 0 aromatic rings. The van der Waals surface area contributed by atoms with Gasteiger partial charge in [-0.05, 0) is 39.0 Å². The summed E-state index contributed by atoms with van der Waals surface area (Å²) in [5.74, 6) is 1.53. The number of carbonyl (C=O) groups is 1. The third-order valence-electron chi connectivity index (χ3n) is 3.92. The zero-order chi connectivity index (χ0) is 11.7. The van der Waals surface area contributed by atoms with Crippen LogP contribution in [0.3, 0.4) is 0 Å². The van der Waals surface area contributed by atoms with Gasteiger partial charge in [-0.3, -0.25) is 4.79 Å². The lowest BCUT2D eigenvalue weighted by atomic mass is 9.99. The van der Waals surface area contributed by atoms with Crippen LogP contribution in [-0.2, 0) is 4.79 Å². The van der Waals surface area contributed by atoms with Crippen LogP contribution in [0.4, 0.5) is 0 Å². The first-order valence-corrected chi connectivity index (χ1v) is 6.23. The Morgan fingerprint density at radius 1 is 1.38 bits per heavy atom. The fourth-order valence-electron chi connectivity index (χ4n) is 2.69. The van der Waals surface area contributed by atoms with E-state index in [1.54, 1.807) is 0 Å². The highest BCUT2D eigenvalue weighted by Crippen LogP contribution is 2.22. The Morgan fingerprint density at radius 3 is 2.50 bits per heavy atom. The normalized spacial score (nSPS) is 30.9. The van der Waals surface area contributed by atoms with E-state index in [0.717, 1.165) is 32.6 Å². The Morgan fingerprint density at radius 2 is 2.06 bits per heavy atom. The smallest absolute Gasteiger partial charge is 0.223 e. The Labute approximate surface area is 98.0 Å². The fraction of sp³-hybridized carbons (Fsp3) is 0.917. The molecule has 1 N–H and O–H groups in total. The second-order valence-electron chi connectivity index (χ2n) is 5.54. The van der Waals surface area contributed by atoms with Gasteiger partial charge in [0.2, 0.25) is 5.91 Å². The number of nitrogens with one attached hydrogen (secondary N) is 1. The van der Waals surface area contributed by atoms with Crippen molar-refractivity contribution in [3.8, 4) is 0 Å². The van der Waals surface area contributed by atoms with Gasteiger partial charge in [0.05, 0.1) is 0 Å². The molecule has 2 aliphatic heterocycles. The van der Waals surface area contributed by atoms with Gasteiger partial charge in [0, 0.05) is 25.6 Å². The molecule has 0 radical (unpaired) electrons. The molecule has 2 unspecified atom stereocenters. The molecule has 2 atom stereocenters. The van der Waals surface area contributed by atoms with Crippen LogP contribution in [0.15, 0.2) is 0 Å².